The average Bonchev–Trinajstić information content (AvgIpc) is 3.47. The van der Waals surface area contributed by atoms with E-state index in [-0.39, 0.29) is 24.5 Å². The summed E-state index contributed by atoms with van der Waals surface area (Å²) in [4.78, 5) is 10.7. The van der Waals surface area contributed by atoms with E-state index in [1.807, 2.05) is 0 Å². The largest absolute Gasteiger partial charge is 0.490 e. The predicted octanol–water partition coefficient (Wildman–Crippen LogP) is 2.48. The number of nitrogens with one attached hydrogen (secondary N) is 1. The second-order valence-corrected chi connectivity index (χ2v) is 8.94. The third-order valence-corrected chi connectivity index (χ3v) is 6.15. The molecule has 1 N–H and O–H groups in total. The molecule has 0 radical (unpaired) electrons. The number of rotatable bonds is 10. The maximum atomic E-state index is 14.0. The molecule has 0 saturated heterocycles. The van der Waals surface area contributed by atoms with Crippen molar-refractivity contribution >= 4 is 16.0 Å². The molecule has 144 valence electrons. The van der Waals surface area contributed by atoms with E-state index in [0.29, 0.717) is 30.9 Å². The minimum Gasteiger partial charge on any atom is -0.490 e. The standard InChI is InChI=1S/C18H24FNO5S/c1-13(21)24-9-2-10-26(22,23)20-18(7-8-18)15-5-6-16(19)17(11-15)25-12-14-3-4-14/h5-6,11,14,20H,2-4,7-10,12H2,1H3. The Morgan fingerprint density at radius 1 is 1.35 bits per heavy atom. The number of carbonyl (C=O) groups is 1. The van der Waals surface area contributed by atoms with Crippen LogP contribution < -0.4 is 9.46 Å². The molecule has 2 aliphatic rings. The summed E-state index contributed by atoms with van der Waals surface area (Å²) in [6.07, 6.45) is 3.76. The number of sulfonamides is 1. The van der Waals surface area contributed by atoms with Crippen molar-refractivity contribution in [2.45, 2.75) is 44.6 Å². The fraction of sp³-hybridized carbons (Fsp3) is 0.611. The van der Waals surface area contributed by atoms with Gasteiger partial charge in [0.05, 0.1) is 24.5 Å². The van der Waals surface area contributed by atoms with Crippen LogP contribution >= 0.6 is 0 Å². The first-order valence-electron chi connectivity index (χ1n) is 8.87. The number of hydrogen-bond acceptors (Lipinski definition) is 5. The predicted molar refractivity (Wildman–Crippen MR) is 93.7 cm³/mol. The van der Waals surface area contributed by atoms with Crippen LogP contribution in [0.5, 0.6) is 5.75 Å². The molecule has 2 fully saturated rings. The molecule has 1 aromatic rings. The number of hydrogen-bond donors (Lipinski definition) is 1. The van der Waals surface area contributed by atoms with E-state index in [1.54, 1.807) is 12.1 Å². The van der Waals surface area contributed by atoms with E-state index >= 15 is 0 Å². The molecule has 3 rings (SSSR count). The fourth-order valence-electron chi connectivity index (χ4n) is 2.79. The Bertz CT molecular complexity index is 772. The lowest BCUT2D eigenvalue weighted by atomic mass is 10.1. The lowest BCUT2D eigenvalue weighted by molar-refractivity contribution is -0.140. The normalized spacial score (nSPS) is 18.4. The lowest BCUT2D eigenvalue weighted by Gasteiger charge is -2.19. The van der Waals surface area contributed by atoms with Crippen molar-refractivity contribution in [3.05, 3.63) is 29.6 Å². The van der Waals surface area contributed by atoms with Gasteiger partial charge in [-0.25, -0.2) is 17.5 Å². The molecule has 8 heteroatoms. The molecular weight excluding hydrogens is 361 g/mol. The van der Waals surface area contributed by atoms with Gasteiger partial charge in [-0.05, 0) is 55.7 Å². The van der Waals surface area contributed by atoms with Gasteiger partial charge >= 0.3 is 5.97 Å². The Labute approximate surface area is 153 Å². The summed E-state index contributed by atoms with van der Waals surface area (Å²) in [7, 11) is -3.54. The Morgan fingerprint density at radius 3 is 2.69 bits per heavy atom. The summed E-state index contributed by atoms with van der Waals surface area (Å²) >= 11 is 0. The van der Waals surface area contributed by atoms with Crippen molar-refractivity contribution in [1.82, 2.24) is 4.72 Å². The van der Waals surface area contributed by atoms with Gasteiger partial charge in [-0.15, -0.1) is 0 Å². The molecular formula is C18H24FNO5S. The van der Waals surface area contributed by atoms with E-state index in [1.165, 1.54) is 13.0 Å². The average molecular weight is 385 g/mol. The van der Waals surface area contributed by atoms with E-state index in [0.717, 1.165) is 12.8 Å². The number of esters is 1. The maximum Gasteiger partial charge on any atom is 0.302 e. The summed E-state index contributed by atoms with van der Waals surface area (Å²) in [5.41, 5.74) is 0.0271. The van der Waals surface area contributed by atoms with Crippen LogP contribution in [0.2, 0.25) is 0 Å². The van der Waals surface area contributed by atoms with Crippen molar-refractivity contribution in [2.24, 2.45) is 5.92 Å². The molecule has 2 saturated carbocycles. The molecule has 0 spiro atoms. The van der Waals surface area contributed by atoms with Gasteiger partial charge in [-0.1, -0.05) is 6.07 Å². The van der Waals surface area contributed by atoms with E-state index < -0.39 is 27.3 Å². The maximum absolute atomic E-state index is 14.0. The van der Waals surface area contributed by atoms with Crippen molar-refractivity contribution in [3.63, 3.8) is 0 Å². The monoisotopic (exact) mass is 385 g/mol. The number of carbonyl (C=O) groups excluding carboxylic acids is 1. The molecule has 2 aliphatic carbocycles. The van der Waals surface area contributed by atoms with Crippen molar-refractivity contribution < 1.29 is 27.1 Å². The summed E-state index contributed by atoms with van der Waals surface area (Å²) in [6.45, 7) is 1.84. The first-order valence-corrected chi connectivity index (χ1v) is 10.5. The molecule has 0 heterocycles. The molecule has 1 aromatic carbocycles. The Kier molecular flexibility index (Phi) is 5.53. The van der Waals surface area contributed by atoms with Gasteiger partial charge in [-0.2, -0.15) is 0 Å². The summed E-state index contributed by atoms with van der Waals surface area (Å²) in [5.74, 6) is -0.319. The second kappa shape index (κ2) is 7.52. The third kappa shape index (κ3) is 5.17. The van der Waals surface area contributed by atoms with Gasteiger partial charge in [0.15, 0.2) is 11.6 Å². The van der Waals surface area contributed by atoms with Crippen molar-refractivity contribution in [1.29, 1.82) is 0 Å². The van der Waals surface area contributed by atoms with Crippen LogP contribution in [0.4, 0.5) is 4.39 Å². The summed E-state index contributed by atoms with van der Waals surface area (Å²) in [6, 6.07) is 4.53. The smallest absolute Gasteiger partial charge is 0.302 e. The van der Waals surface area contributed by atoms with Crippen LogP contribution in [0, 0.1) is 11.7 Å². The Balaban J connectivity index is 1.62. The lowest BCUT2D eigenvalue weighted by Crippen LogP contribution is -2.36. The molecule has 0 amide bonds. The quantitative estimate of drug-likeness (QED) is 0.494. The SMILES string of the molecule is CC(=O)OCCCS(=O)(=O)NC1(c2ccc(F)c(OCC3CC3)c2)CC1. The number of halogens is 1. The molecule has 0 aromatic heterocycles. The summed E-state index contributed by atoms with van der Waals surface area (Å²) in [5, 5.41) is 0. The van der Waals surface area contributed by atoms with Crippen molar-refractivity contribution in [2.75, 3.05) is 19.0 Å². The topological polar surface area (TPSA) is 81.7 Å². The summed E-state index contributed by atoms with van der Waals surface area (Å²) < 4.78 is 51.6. The van der Waals surface area contributed by atoms with Crippen LogP contribution in [0.15, 0.2) is 18.2 Å². The van der Waals surface area contributed by atoms with Gasteiger partial charge in [0.25, 0.3) is 0 Å². The molecule has 0 bridgehead atoms. The first kappa shape index (κ1) is 19.1. The highest BCUT2D eigenvalue weighted by atomic mass is 32.2. The minimum absolute atomic E-state index is 0.0684. The van der Waals surface area contributed by atoms with Gasteiger partial charge in [0.1, 0.15) is 0 Å². The molecule has 0 unspecified atom stereocenters. The zero-order valence-corrected chi connectivity index (χ0v) is 15.6. The zero-order valence-electron chi connectivity index (χ0n) is 14.8. The van der Waals surface area contributed by atoms with E-state index in [9.17, 15) is 17.6 Å². The number of benzene rings is 1. The van der Waals surface area contributed by atoms with Crippen LogP contribution in [0.3, 0.4) is 0 Å². The zero-order chi connectivity index (χ0) is 18.8. The van der Waals surface area contributed by atoms with Gasteiger partial charge in [-0.3, -0.25) is 4.79 Å². The van der Waals surface area contributed by atoms with Crippen LogP contribution in [-0.2, 0) is 25.1 Å². The van der Waals surface area contributed by atoms with Gasteiger partial charge in [0, 0.05) is 6.92 Å². The van der Waals surface area contributed by atoms with Crippen molar-refractivity contribution in [3.8, 4) is 5.75 Å². The highest BCUT2D eigenvalue weighted by Crippen LogP contribution is 2.47. The molecule has 0 atom stereocenters. The van der Waals surface area contributed by atoms with E-state index in [4.69, 9.17) is 9.47 Å². The Morgan fingerprint density at radius 2 is 2.08 bits per heavy atom. The van der Waals surface area contributed by atoms with Crippen LogP contribution in [0.1, 0.15) is 44.6 Å². The van der Waals surface area contributed by atoms with Crippen LogP contribution in [0.25, 0.3) is 0 Å². The third-order valence-electron chi connectivity index (χ3n) is 4.62. The highest BCUT2D eigenvalue weighted by molar-refractivity contribution is 7.89. The Hall–Kier alpha value is -1.67. The molecule has 0 aliphatic heterocycles. The van der Waals surface area contributed by atoms with E-state index in [2.05, 4.69) is 4.72 Å². The first-order chi connectivity index (χ1) is 12.3. The molecule has 6 nitrogen and oxygen atoms in total. The molecule has 26 heavy (non-hydrogen) atoms. The fourth-order valence-corrected chi connectivity index (χ4v) is 4.31. The highest BCUT2D eigenvalue weighted by Gasteiger charge is 2.47. The van der Waals surface area contributed by atoms with Crippen LogP contribution in [-0.4, -0.2) is 33.4 Å². The van der Waals surface area contributed by atoms with Gasteiger partial charge < -0.3 is 9.47 Å². The second-order valence-electron chi connectivity index (χ2n) is 7.10. The minimum atomic E-state index is -3.54. The van der Waals surface area contributed by atoms with Gasteiger partial charge in [0.2, 0.25) is 10.0 Å². The number of ether oxygens (including phenoxy) is 2.